The average Bonchev–Trinajstić information content (AvgIpc) is 2.69. The number of hydrogen-bond donors (Lipinski definition) is 2. The van der Waals surface area contributed by atoms with Crippen molar-refractivity contribution in [1.82, 2.24) is 10.6 Å². The molecule has 1 fully saturated rings. The van der Waals surface area contributed by atoms with Gasteiger partial charge in [0.1, 0.15) is 0 Å². The lowest BCUT2D eigenvalue weighted by atomic mass is 10.0. The number of aliphatic imine (C=N–C) groups is 1. The number of ether oxygens (including phenoxy) is 2. The molecule has 0 amide bonds. The lowest BCUT2D eigenvalue weighted by Gasteiger charge is -2.21. The zero-order chi connectivity index (χ0) is 18.5. The van der Waals surface area contributed by atoms with Crippen LogP contribution in [0.2, 0.25) is 0 Å². The van der Waals surface area contributed by atoms with Gasteiger partial charge in [0.15, 0.2) is 5.96 Å². The summed E-state index contributed by atoms with van der Waals surface area (Å²) >= 11 is 0. The zero-order valence-corrected chi connectivity index (χ0v) is 16.4. The third-order valence-electron chi connectivity index (χ3n) is 4.69. The Morgan fingerprint density at radius 3 is 2.73 bits per heavy atom. The van der Waals surface area contributed by atoms with E-state index in [-0.39, 0.29) is 0 Å². The summed E-state index contributed by atoms with van der Waals surface area (Å²) in [4.78, 5) is 4.72. The van der Waals surface area contributed by atoms with Gasteiger partial charge in [-0.05, 0) is 37.7 Å². The molecule has 0 radical (unpaired) electrons. The molecule has 1 aromatic rings. The van der Waals surface area contributed by atoms with Crippen LogP contribution >= 0.6 is 0 Å². The molecule has 1 aliphatic rings. The Morgan fingerprint density at radius 1 is 1.23 bits per heavy atom. The van der Waals surface area contributed by atoms with Gasteiger partial charge in [0.05, 0.1) is 0 Å². The van der Waals surface area contributed by atoms with Gasteiger partial charge >= 0.3 is 0 Å². The highest BCUT2D eigenvalue weighted by molar-refractivity contribution is 5.79. The first kappa shape index (κ1) is 20.7. The number of nitrogens with zero attached hydrogens (tertiary/aromatic N) is 1. The van der Waals surface area contributed by atoms with E-state index >= 15 is 0 Å². The molecule has 0 aromatic heterocycles. The van der Waals surface area contributed by atoms with Gasteiger partial charge in [-0.25, -0.2) is 0 Å². The molecule has 1 aliphatic heterocycles. The maximum absolute atomic E-state index is 5.82. The van der Waals surface area contributed by atoms with Crippen molar-refractivity contribution in [3.8, 4) is 0 Å². The number of guanidine groups is 1. The van der Waals surface area contributed by atoms with Gasteiger partial charge in [-0.15, -0.1) is 0 Å². The van der Waals surface area contributed by atoms with Crippen molar-refractivity contribution in [2.45, 2.75) is 39.0 Å². The minimum Gasteiger partial charge on any atom is -0.381 e. The molecule has 0 saturated carbocycles. The molecule has 26 heavy (non-hydrogen) atoms. The highest BCUT2D eigenvalue weighted by Crippen LogP contribution is 2.15. The summed E-state index contributed by atoms with van der Waals surface area (Å²) < 4.78 is 11.2. The fraction of sp³-hybridized carbons (Fsp3) is 0.667. The van der Waals surface area contributed by atoms with Crippen LogP contribution in [0.25, 0.3) is 0 Å². The molecule has 0 aliphatic carbocycles. The highest BCUT2D eigenvalue weighted by atomic mass is 16.5. The van der Waals surface area contributed by atoms with Crippen LogP contribution in [0.1, 0.15) is 44.6 Å². The molecule has 0 spiro atoms. The predicted molar refractivity (Wildman–Crippen MR) is 108 cm³/mol. The largest absolute Gasteiger partial charge is 0.381 e. The van der Waals surface area contributed by atoms with E-state index in [1.165, 1.54) is 5.56 Å². The van der Waals surface area contributed by atoms with Crippen molar-refractivity contribution < 1.29 is 9.47 Å². The standard InChI is InChI=1S/C21H35N3O2/c1-3-22-21(24-16-18(2)20-8-5-4-6-9-20)23-12-7-13-26-17-19-10-14-25-15-11-19/h4-6,8-9,18-19H,3,7,10-17H2,1-2H3,(H2,22,23,24). The lowest BCUT2D eigenvalue weighted by molar-refractivity contribution is 0.0203. The molecular formula is C21H35N3O2. The summed E-state index contributed by atoms with van der Waals surface area (Å²) in [6.45, 7) is 10.3. The van der Waals surface area contributed by atoms with E-state index in [1.54, 1.807) is 0 Å². The second-order valence-corrected chi connectivity index (χ2v) is 6.94. The van der Waals surface area contributed by atoms with Gasteiger partial charge in [0, 0.05) is 52.0 Å². The molecule has 2 rings (SSSR count). The van der Waals surface area contributed by atoms with Gasteiger partial charge < -0.3 is 20.1 Å². The van der Waals surface area contributed by atoms with E-state index in [1.807, 2.05) is 0 Å². The second kappa shape index (κ2) is 12.7. The van der Waals surface area contributed by atoms with E-state index < -0.39 is 0 Å². The Hall–Kier alpha value is -1.59. The minimum atomic E-state index is 0.412. The smallest absolute Gasteiger partial charge is 0.191 e. The third kappa shape index (κ3) is 8.19. The maximum Gasteiger partial charge on any atom is 0.191 e. The van der Waals surface area contributed by atoms with Crippen molar-refractivity contribution in [1.29, 1.82) is 0 Å². The molecule has 0 bridgehead atoms. The molecule has 1 saturated heterocycles. The van der Waals surface area contributed by atoms with E-state index in [2.05, 4.69) is 54.8 Å². The summed E-state index contributed by atoms with van der Waals surface area (Å²) in [7, 11) is 0. The van der Waals surface area contributed by atoms with Crippen molar-refractivity contribution in [2.24, 2.45) is 10.9 Å². The van der Waals surface area contributed by atoms with Crippen LogP contribution in [-0.4, -0.2) is 52.0 Å². The average molecular weight is 362 g/mol. The summed E-state index contributed by atoms with van der Waals surface area (Å²) in [6, 6.07) is 10.5. The monoisotopic (exact) mass is 361 g/mol. The molecular weight excluding hydrogens is 326 g/mol. The minimum absolute atomic E-state index is 0.412. The van der Waals surface area contributed by atoms with E-state index in [0.29, 0.717) is 11.8 Å². The molecule has 1 aromatic carbocycles. The van der Waals surface area contributed by atoms with Crippen LogP contribution in [0.15, 0.2) is 35.3 Å². The summed E-state index contributed by atoms with van der Waals surface area (Å²) in [5, 5.41) is 6.72. The molecule has 2 N–H and O–H groups in total. The number of hydrogen-bond acceptors (Lipinski definition) is 3. The fourth-order valence-electron chi connectivity index (χ4n) is 3.00. The van der Waals surface area contributed by atoms with E-state index in [9.17, 15) is 0 Å². The predicted octanol–water partition coefficient (Wildman–Crippen LogP) is 3.18. The third-order valence-corrected chi connectivity index (χ3v) is 4.69. The molecule has 5 nitrogen and oxygen atoms in total. The van der Waals surface area contributed by atoms with Crippen LogP contribution in [0.5, 0.6) is 0 Å². The Balaban J connectivity index is 1.62. The summed E-state index contributed by atoms with van der Waals surface area (Å²) in [6.07, 6.45) is 3.26. The summed E-state index contributed by atoms with van der Waals surface area (Å²) in [5.41, 5.74) is 1.33. The molecule has 1 heterocycles. The van der Waals surface area contributed by atoms with E-state index in [4.69, 9.17) is 14.5 Å². The Kier molecular flexibility index (Phi) is 10.1. The first-order valence-electron chi connectivity index (χ1n) is 10.0. The number of benzene rings is 1. The lowest BCUT2D eigenvalue weighted by Crippen LogP contribution is -2.38. The van der Waals surface area contributed by atoms with Gasteiger partial charge in [-0.3, -0.25) is 4.99 Å². The van der Waals surface area contributed by atoms with Gasteiger partial charge in [-0.2, -0.15) is 0 Å². The zero-order valence-electron chi connectivity index (χ0n) is 16.4. The van der Waals surface area contributed by atoms with Crippen LogP contribution < -0.4 is 10.6 Å². The highest BCUT2D eigenvalue weighted by Gasteiger charge is 2.13. The van der Waals surface area contributed by atoms with Gasteiger partial charge in [-0.1, -0.05) is 37.3 Å². The van der Waals surface area contributed by atoms with Crippen molar-refractivity contribution in [3.05, 3.63) is 35.9 Å². The Labute approximate surface area is 158 Å². The Morgan fingerprint density at radius 2 is 2.00 bits per heavy atom. The number of nitrogens with one attached hydrogen (secondary N) is 2. The van der Waals surface area contributed by atoms with Crippen molar-refractivity contribution in [2.75, 3.05) is 46.1 Å². The van der Waals surface area contributed by atoms with Gasteiger partial charge in [0.2, 0.25) is 0 Å². The normalized spacial score (nSPS) is 17.1. The molecule has 1 atom stereocenters. The van der Waals surface area contributed by atoms with Gasteiger partial charge in [0.25, 0.3) is 0 Å². The Bertz CT molecular complexity index is 501. The van der Waals surface area contributed by atoms with Crippen LogP contribution in [-0.2, 0) is 9.47 Å². The maximum atomic E-state index is 5.82. The first-order valence-corrected chi connectivity index (χ1v) is 10.0. The SMILES string of the molecule is CCNC(=NCC(C)c1ccccc1)NCCCOCC1CCOCC1. The van der Waals surface area contributed by atoms with Crippen molar-refractivity contribution >= 4 is 5.96 Å². The molecule has 146 valence electrons. The van der Waals surface area contributed by atoms with Crippen molar-refractivity contribution in [3.63, 3.8) is 0 Å². The fourth-order valence-corrected chi connectivity index (χ4v) is 3.00. The van der Waals surface area contributed by atoms with Crippen LogP contribution in [0.3, 0.4) is 0 Å². The second-order valence-electron chi connectivity index (χ2n) is 6.94. The first-order chi connectivity index (χ1) is 12.8. The number of rotatable bonds is 10. The topological polar surface area (TPSA) is 54.9 Å². The quantitative estimate of drug-likeness (QED) is 0.382. The van der Waals surface area contributed by atoms with Crippen LogP contribution in [0, 0.1) is 5.92 Å². The molecule has 5 heteroatoms. The molecule has 1 unspecified atom stereocenters. The summed E-state index contributed by atoms with van der Waals surface area (Å²) in [5.74, 6) is 1.98. The van der Waals surface area contributed by atoms with E-state index in [0.717, 1.165) is 71.3 Å². The van der Waals surface area contributed by atoms with Crippen LogP contribution in [0.4, 0.5) is 0 Å².